The van der Waals surface area contributed by atoms with E-state index in [2.05, 4.69) is 58.6 Å². The number of benzene rings is 2. The van der Waals surface area contributed by atoms with Crippen LogP contribution in [0.25, 0.3) is 11.5 Å². The summed E-state index contributed by atoms with van der Waals surface area (Å²) >= 11 is 0. The Morgan fingerprint density at radius 3 is 2.68 bits per heavy atom. The Bertz CT molecular complexity index is 1280. The predicted molar refractivity (Wildman–Crippen MR) is 147 cm³/mol. The monoisotopic (exact) mass is 496 g/mol. The molecule has 2 aromatic carbocycles. The van der Waals surface area contributed by atoms with E-state index in [1.54, 1.807) is 6.20 Å². The van der Waals surface area contributed by atoms with Crippen molar-refractivity contribution in [2.45, 2.75) is 71.3 Å². The van der Waals surface area contributed by atoms with E-state index in [-0.39, 0.29) is 0 Å². The Balaban J connectivity index is 1.25. The van der Waals surface area contributed by atoms with Crippen molar-refractivity contribution in [1.29, 1.82) is 0 Å². The fourth-order valence-corrected chi connectivity index (χ4v) is 5.02. The number of nitrogens with one attached hydrogen (secondary N) is 1. The van der Waals surface area contributed by atoms with Crippen LogP contribution in [0.5, 0.6) is 5.75 Å². The van der Waals surface area contributed by atoms with Gasteiger partial charge in [0.15, 0.2) is 0 Å². The molecule has 2 heterocycles. The lowest BCUT2D eigenvalue weighted by Gasteiger charge is -2.20. The van der Waals surface area contributed by atoms with Crippen LogP contribution in [0.1, 0.15) is 75.4 Å². The Morgan fingerprint density at radius 1 is 0.973 bits per heavy atom. The molecule has 0 bridgehead atoms. The van der Waals surface area contributed by atoms with Crippen molar-refractivity contribution in [3.05, 3.63) is 84.0 Å². The molecule has 37 heavy (non-hydrogen) atoms. The number of pyridine rings is 1. The lowest BCUT2D eigenvalue weighted by molar-refractivity contribution is 0.301. The molecule has 192 valence electrons. The Kier molecular flexibility index (Phi) is 8.14. The number of aromatic nitrogens is 3. The Hall–Kier alpha value is -3.67. The first kappa shape index (κ1) is 25.0. The third kappa shape index (κ3) is 6.76. The molecule has 2 aromatic heterocycles. The molecule has 0 spiro atoms. The average molecular weight is 497 g/mol. The van der Waals surface area contributed by atoms with Crippen LogP contribution in [-0.4, -0.2) is 15.2 Å². The molecule has 0 amide bonds. The van der Waals surface area contributed by atoms with E-state index in [0.29, 0.717) is 18.4 Å². The van der Waals surface area contributed by atoms with E-state index in [9.17, 15) is 0 Å². The van der Waals surface area contributed by atoms with Crippen LogP contribution in [0.15, 0.2) is 71.3 Å². The number of ether oxygens (including phenoxy) is 1. The van der Waals surface area contributed by atoms with Gasteiger partial charge in [0.1, 0.15) is 12.4 Å². The summed E-state index contributed by atoms with van der Waals surface area (Å²) in [4.78, 5) is 4.34. The van der Waals surface area contributed by atoms with Gasteiger partial charge in [-0.15, -0.1) is 10.2 Å². The van der Waals surface area contributed by atoms with Gasteiger partial charge in [-0.3, -0.25) is 4.98 Å². The highest BCUT2D eigenvalue weighted by Gasteiger charge is 2.16. The van der Waals surface area contributed by atoms with E-state index >= 15 is 0 Å². The number of anilines is 2. The fourth-order valence-electron chi connectivity index (χ4n) is 5.02. The Morgan fingerprint density at radius 2 is 1.86 bits per heavy atom. The van der Waals surface area contributed by atoms with Crippen LogP contribution in [-0.2, 0) is 13.0 Å². The zero-order valence-electron chi connectivity index (χ0n) is 21.8. The summed E-state index contributed by atoms with van der Waals surface area (Å²) < 4.78 is 12.0. The lowest BCUT2D eigenvalue weighted by atomic mass is 9.86. The third-order valence-electron chi connectivity index (χ3n) is 7.10. The van der Waals surface area contributed by atoms with E-state index in [1.807, 2.05) is 36.4 Å². The van der Waals surface area contributed by atoms with E-state index in [0.717, 1.165) is 53.0 Å². The summed E-state index contributed by atoms with van der Waals surface area (Å²) in [7, 11) is 0. The zero-order chi connectivity index (χ0) is 25.5. The van der Waals surface area contributed by atoms with Crippen LogP contribution in [0.4, 0.5) is 11.4 Å². The van der Waals surface area contributed by atoms with Gasteiger partial charge in [0, 0.05) is 29.6 Å². The van der Waals surface area contributed by atoms with Gasteiger partial charge in [-0.1, -0.05) is 58.1 Å². The van der Waals surface area contributed by atoms with Crippen LogP contribution in [0.3, 0.4) is 0 Å². The molecule has 0 radical (unpaired) electrons. The van der Waals surface area contributed by atoms with Gasteiger partial charge in [-0.05, 0) is 72.4 Å². The number of aryl methyl sites for hydroxylation is 1. The van der Waals surface area contributed by atoms with Crippen LogP contribution < -0.4 is 10.1 Å². The second-order valence-electron chi connectivity index (χ2n) is 10.3. The number of hydrogen-bond donors (Lipinski definition) is 1. The molecule has 1 aliphatic rings. The first-order valence-corrected chi connectivity index (χ1v) is 13.5. The van der Waals surface area contributed by atoms with Gasteiger partial charge < -0.3 is 14.5 Å². The molecule has 4 aromatic rings. The second-order valence-corrected chi connectivity index (χ2v) is 10.3. The standard InChI is InChI=1S/C31H36N4O2/c1-22(2)28-20-27(36-21-26-12-6-7-18-32-26)15-16-29(28)33-25-13-8-11-24(19-25)31-35-34-30(37-31)17-14-23-9-4-3-5-10-23/h6-8,11-13,15-16,18-20,22-23,33H,3-5,9-10,14,17,21H2,1-2H3. The fraction of sp³-hybridized carbons (Fsp3) is 0.387. The SMILES string of the molecule is CC(C)c1cc(OCc2ccccn2)ccc1Nc1cccc(-c2nnc(CCC3CCCCC3)o2)c1. The quantitative estimate of drug-likeness (QED) is 0.239. The molecule has 1 N–H and O–H groups in total. The molecule has 0 aliphatic heterocycles. The molecule has 1 saturated carbocycles. The zero-order valence-corrected chi connectivity index (χ0v) is 21.8. The average Bonchev–Trinajstić information content (AvgIpc) is 3.42. The highest BCUT2D eigenvalue weighted by atomic mass is 16.5. The summed E-state index contributed by atoms with van der Waals surface area (Å²) in [6.07, 6.45) is 10.6. The predicted octanol–water partition coefficient (Wildman–Crippen LogP) is 8.09. The molecule has 0 unspecified atom stereocenters. The van der Waals surface area contributed by atoms with E-state index in [1.165, 1.54) is 37.7 Å². The number of hydrogen-bond acceptors (Lipinski definition) is 6. The molecule has 0 saturated heterocycles. The van der Waals surface area contributed by atoms with Crippen LogP contribution >= 0.6 is 0 Å². The van der Waals surface area contributed by atoms with Crippen LogP contribution in [0.2, 0.25) is 0 Å². The molecular formula is C31H36N4O2. The second kappa shape index (κ2) is 12.0. The van der Waals surface area contributed by atoms with Crippen molar-refractivity contribution < 1.29 is 9.15 Å². The molecular weight excluding hydrogens is 460 g/mol. The van der Waals surface area contributed by atoms with Crippen molar-refractivity contribution in [3.63, 3.8) is 0 Å². The molecule has 6 heteroatoms. The minimum absolute atomic E-state index is 0.326. The van der Waals surface area contributed by atoms with Gasteiger partial charge in [-0.2, -0.15) is 0 Å². The number of rotatable bonds is 10. The third-order valence-corrected chi connectivity index (χ3v) is 7.10. The summed E-state index contributed by atoms with van der Waals surface area (Å²) in [5, 5.41) is 12.2. The van der Waals surface area contributed by atoms with Crippen LogP contribution in [0, 0.1) is 5.92 Å². The minimum atomic E-state index is 0.326. The van der Waals surface area contributed by atoms with E-state index < -0.39 is 0 Å². The molecule has 1 aliphatic carbocycles. The van der Waals surface area contributed by atoms with Gasteiger partial charge in [0.05, 0.1) is 5.69 Å². The summed E-state index contributed by atoms with van der Waals surface area (Å²) in [6, 6.07) is 20.2. The van der Waals surface area contributed by atoms with Crippen molar-refractivity contribution >= 4 is 11.4 Å². The minimum Gasteiger partial charge on any atom is -0.487 e. The normalized spacial score (nSPS) is 14.1. The Labute approximate surface area is 219 Å². The largest absolute Gasteiger partial charge is 0.487 e. The number of nitrogens with zero attached hydrogens (tertiary/aromatic N) is 3. The van der Waals surface area contributed by atoms with Gasteiger partial charge in [0.2, 0.25) is 11.8 Å². The van der Waals surface area contributed by atoms with Gasteiger partial charge >= 0.3 is 0 Å². The summed E-state index contributed by atoms with van der Waals surface area (Å²) in [6.45, 7) is 4.82. The molecule has 1 fully saturated rings. The van der Waals surface area contributed by atoms with Gasteiger partial charge in [0.25, 0.3) is 0 Å². The lowest BCUT2D eigenvalue weighted by Crippen LogP contribution is -2.07. The highest BCUT2D eigenvalue weighted by molar-refractivity contribution is 5.69. The van der Waals surface area contributed by atoms with Crippen molar-refractivity contribution in [2.24, 2.45) is 5.92 Å². The first-order valence-electron chi connectivity index (χ1n) is 13.5. The first-order chi connectivity index (χ1) is 18.1. The van der Waals surface area contributed by atoms with Gasteiger partial charge in [-0.25, -0.2) is 0 Å². The smallest absolute Gasteiger partial charge is 0.247 e. The van der Waals surface area contributed by atoms with Crippen molar-refractivity contribution in [2.75, 3.05) is 5.32 Å². The molecule has 0 atom stereocenters. The molecule has 6 nitrogen and oxygen atoms in total. The molecule has 5 rings (SSSR count). The maximum atomic E-state index is 6.04. The summed E-state index contributed by atoms with van der Waals surface area (Å²) in [5.41, 5.74) is 5.04. The topological polar surface area (TPSA) is 73.1 Å². The maximum absolute atomic E-state index is 6.04. The summed E-state index contributed by atoms with van der Waals surface area (Å²) in [5.74, 6) is 3.28. The van der Waals surface area contributed by atoms with Crippen molar-refractivity contribution in [3.8, 4) is 17.2 Å². The van der Waals surface area contributed by atoms with E-state index in [4.69, 9.17) is 9.15 Å². The maximum Gasteiger partial charge on any atom is 0.247 e. The highest BCUT2D eigenvalue weighted by Crippen LogP contribution is 2.33. The van der Waals surface area contributed by atoms with Crippen molar-refractivity contribution in [1.82, 2.24) is 15.2 Å².